The SMILES string of the molecule is Nc1ccc(C(=O)Nc2c(Cl)cc(C(F)(C(F)(F)F)C(F)(F)F)cc2Cl)cc1Cl.O=C(Nc1c(Cl)cc(C(F)(C(F)(F)F)C(F)(F)F)cc1Cl)c1ccc(I)c(Cl)c1. The van der Waals surface area contributed by atoms with E-state index in [1.54, 1.807) is 0 Å². The predicted molar refractivity (Wildman–Crippen MR) is 199 cm³/mol. The predicted octanol–water partition coefficient (Wildman–Crippen LogP) is 14.6. The van der Waals surface area contributed by atoms with Crippen molar-refractivity contribution in [2.75, 3.05) is 16.4 Å². The maximum Gasteiger partial charge on any atom is 0.435 e. The van der Waals surface area contributed by atoms with E-state index in [4.69, 9.17) is 75.3 Å². The van der Waals surface area contributed by atoms with Crippen LogP contribution in [-0.4, -0.2) is 36.5 Å². The average Bonchev–Trinajstić information content (AvgIpc) is 3.07. The first-order valence-corrected chi connectivity index (χ1v) is 17.8. The molecule has 26 heteroatoms. The van der Waals surface area contributed by atoms with Crippen LogP contribution in [0.15, 0.2) is 60.7 Å². The lowest BCUT2D eigenvalue weighted by molar-refractivity contribution is -0.349. The first-order valence-electron chi connectivity index (χ1n) is 14.5. The van der Waals surface area contributed by atoms with Gasteiger partial charge in [-0.15, -0.1) is 0 Å². The Balaban J connectivity index is 0.000000310. The highest BCUT2D eigenvalue weighted by Gasteiger charge is 2.74. The third-order valence-electron chi connectivity index (χ3n) is 7.36. The number of nitrogen functional groups attached to an aromatic ring is 1. The Bertz CT molecular complexity index is 2010. The molecule has 0 aliphatic rings. The number of amides is 2. The number of nitrogens with two attached hydrogens (primary N) is 1. The normalized spacial score (nSPS) is 12.8. The van der Waals surface area contributed by atoms with Crippen molar-refractivity contribution in [3.05, 3.63) is 117 Å². The number of rotatable bonds is 6. The maximum atomic E-state index is 14.2. The van der Waals surface area contributed by atoms with E-state index >= 15 is 0 Å². The number of alkyl halides is 14. The molecule has 0 aliphatic carbocycles. The van der Waals surface area contributed by atoms with Crippen molar-refractivity contribution in [1.29, 1.82) is 0 Å². The van der Waals surface area contributed by atoms with Gasteiger partial charge in [0.05, 0.1) is 47.2 Å². The fourth-order valence-corrected chi connectivity index (χ4v) is 6.30. The van der Waals surface area contributed by atoms with E-state index < -0.39 is 90.4 Å². The van der Waals surface area contributed by atoms with Gasteiger partial charge in [0, 0.05) is 25.8 Å². The Kier molecular flexibility index (Phi) is 15.0. The molecule has 0 bridgehead atoms. The lowest BCUT2D eigenvalue weighted by Gasteiger charge is -2.30. The molecular formula is C32H14Cl6F14IN3O2. The van der Waals surface area contributed by atoms with Gasteiger partial charge >= 0.3 is 36.0 Å². The number of halogens is 21. The van der Waals surface area contributed by atoms with E-state index in [1.807, 2.05) is 22.6 Å². The first-order chi connectivity index (χ1) is 26.2. The minimum Gasteiger partial charge on any atom is -0.398 e. The number of carbonyl (C=O) groups is 2. The topological polar surface area (TPSA) is 84.2 Å². The summed E-state index contributed by atoms with van der Waals surface area (Å²) in [5, 5.41) is 1.15. The molecule has 4 aromatic rings. The van der Waals surface area contributed by atoms with Crippen LogP contribution in [0.3, 0.4) is 0 Å². The van der Waals surface area contributed by atoms with Crippen molar-refractivity contribution in [3.63, 3.8) is 0 Å². The van der Waals surface area contributed by atoms with Crippen LogP contribution in [0, 0.1) is 3.57 Å². The Morgan fingerprint density at radius 1 is 0.466 bits per heavy atom. The number of hydrogen-bond acceptors (Lipinski definition) is 3. The van der Waals surface area contributed by atoms with Gasteiger partial charge in [0.15, 0.2) is 0 Å². The summed E-state index contributed by atoms with van der Waals surface area (Å²) in [6.45, 7) is 0. The van der Waals surface area contributed by atoms with Gasteiger partial charge in [-0.2, -0.15) is 52.7 Å². The summed E-state index contributed by atoms with van der Waals surface area (Å²) in [6.07, 6.45) is -25.4. The zero-order valence-electron chi connectivity index (χ0n) is 27.1. The van der Waals surface area contributed by atoms with Gasteiger partial charge in [-0.1, -0.05) is 69.6 Å². The van der Waals surface area contributed by atoms with Crippen molar-refractivity contribution in [2.45, 2.75) is 36.0 Å². The lowest BCUT2D eigenvalue weighted by atomic mass is 9.94. The molecule has 0 spiro atoms. The Morgan fingerprint density at radius 3 is 1.03 bits per heavy atom. The van der Waals surface area contributed by atoms with Crippen LogP contribution < -0.4 is 16.4 Å². The first kappa shape index (κ1) is 49.5. The van der Waals surface area contributed by atoms with Gasteiger partial charge in [0.25, 0.3) is 11.8 Å². The largest absolute Gasteiger partial charge is 0.435 e. The number of nitrogens with one attached hydrogen (secondary N) is 2. The van der Waals surface area contributed by atoms with Crippen LogP contribution >= 0.6 is 92.2 Å². The summed E-state index contributed by atoms with van der Waals surface area (Å²) >= 11 is 36.3. The molecule has 0 saturated heterocycles. The van der Waals surface area contributed by atoms with Crippen LogP contribution in [0.5, 0.6) is 0 Å². The van der Waals surface area contributed by atoms with E-state index in [1.165, 1.54) is 30.3 Å². The van der Waals surface area contributed by atoms with Crippen LogP contribution in [0.25, 0.3) is 0 Å². The molecule has 0 saturated carbocycles. The molecule has 4 rings (SSSR count). The monoisotopic (exact) mass is 1070 g/mol. The average molecular weight is 1080 g/mol. The van der Waals surface area contributed by atoms with Crippen molar-refractivity contribution < 1.29 is 71.1 Å². The summed E-state index contributed by atoms with van der Waals surface area (Å²) in [7, 11) is 0. The summed E-state index contributed by atoms with van der Waals surface area (Å²) < 4.78 is 184. The van der Waals surface area contributed by atoms with Gasteiger partial charge in [0.1, 0.15) is 0 Å². The van der Waals surface area contributed by atoms with Crippen LogP contribution in [-0.2, 0) is 11.3 Å². The number of benzene rings is 4. The molecule has 0 aliphatic heterocycles. The highest BCUT2D eigenvalue weighted by Crippen LogP contribution is 2.56. The summed E-state index contributed by atoms with van der Waals surface area (Å²) in [5.74, 6) is -1.75. The quantitative estimate of drug-likeness (QED) is 0.102. The molecule has 0 fully saturated rings. The molecule has 58 heavy (non-hydrogen) atoms. The van der Waals surface area contributed by atoms with Crippen LogP contribution in [0.1, 0.15) is 31.8 Å². The highest BCUT2D eigenvalue weighted by atomic mass is 127. The fourth-order valence-electron chi connectivity index (χ4n) is 4.44. The van der Waals surface area contributed by atoms with Gasteiger partial charge in [-0.05, 0) is 83.3 Å². The van der Waals surface area contributed by atoms with E-state index in [0.29, 0.717) is 3.57 Å². The van der Waals surface area contributed by atoms with Crippen LogP contribution in [0.4, 0.5) is 78.5 Å². The Labute approximate surface area is 359 Å². The van der Waals surface area contributed by atoms with Crippen LogP contribution in [0.2, 0.25) is 30.1 Å². The second-order valence-corrected chi connectivity index (χ2v) is 14.8. The minimum atomic E-state index is -6.34. The fraction of sp³-hybridized carbons (Fsp3) is 0.188. The van der Waals surface area contributed by atoms with Gasteiger partial charge in [0.2, 0.25) is 0 Å². The van der Waals surface area contributed by atoms with Crippen molar-refractivity contribution in [1.82, 2.24) is 0 Å². The van der Waals surface area contributed by atoms with Crippen molar-refractivity contribution in [3.8, 4) is 0 Å². The maximum absolute atomic E-state index is 14.2. The Morgan fingerprint density at radius 2 is 0.759 bits per heavy atom. The molecule has 0 atom stereocenters. The van der Waals surface area contributed by atoms with Gasteiger partial charge in [-0.3, -0.25) is 9.59 Å². The minimum absolute atomic E-state index is 0.0112. The second kappa shape index (κ2) is 17.6. The van der Waals surface area contributed by atoms with Crippen molar-refractivity contribution >= 4 is 121 Å². The summed E-state index contributed by atoms with van der Waals surface area (Å²) in [5.41, 5.74) is -10.6. The summed E-state index contributed by atoms with van der Waals surface area (Å²) in [4.78, 5) is 24.5. The molecule has 4 aromatic carbocycles. The molecule has 0 heterocycles. The third kappa shape index (κ3) is 10.2. The van der Waals surface area contributed by atoms with E-state index in [0.717, 1.165) is 6.07 Å². The zero-order valence-corrected chi connectivity index (χ0v) is 33.8. The molecule has 0 aromatic heterocycles. The highest BCUT2D eigenvalue weighted by molar-refractivity contribution is 14.1. The summed E-state index contributed by atoms with van der Waals surface area (Å²) in [6, 6.07) is 8.18. The smallest absolute Gasteiger partial charge is 0.398 e. The molecule has 316 valence electrons. The standard InChI is InChI=1S/C16H6Cl3F7INO.C16H8Cl3F7N2O/c2*17-8-3-6(1-2-11(8)27)13(29)28-12-9(18)4-7(5-10(12)19)14(20,15(21,22)23)16(24,25)26/h1-5H,(H,28,29);1-5H,27H2,(H,28,29). The molecule has 4 N–H and O–H groups in total. The number of anilines is 3. The Hall–Kier alpha value is -2.89. The number of carbonyl (C=O) groups excluding carboxylic acids is 2. The molecule has 0 unspecified atom stereocenters. The number of hydrogen-bond donors (Lipinski definition) is 3. The molecule has 5 nitrogen and oxygen atoms in total. The zero-order chi connectivity index (χ0) is 44.7. The van der Waals surface area contributed by atoms with Crippen molar-refractivity contribution in [2.24, 2.45) is 0 Å². The molecule has 2 amide bonds. The van der Waals surface area contributed by atoms with E-state index in [-0.39, 0.29) is 51.1 Å². The van der Waals surface area contributed by atoms with Gasteiger partial charge in [-0.25, -0.2) is 8.78 Å². The van der Waals surface area contributed by atoms with E-state index in [2.05, 4.69) is 10.6 Å². The lowest BCUT2D eigenvalue weighted by Crippen LogP contribution is -2.50. The molecular weight excluding hydrogens is 1060 g/mol. The molecule has 0 radical (unpaired) electrons. The second-order valence-electron chi connectivity index (χ2n) is 11.2. The third-order valence-corrected chi connectivity index (χ3v) is 10.5. The van der Waals surface area contributed by atoms with E-state index in [9.17, 15) is 71.1 Å². The van der Waals surface area contributed by atoms with Gasteiger partial charge < -0.3 is 16.4 Å².